The molecule has 5 nitrogen and oxygen atoms in total. The molecule has 14 rings (SSSR count). The maximum atomic E-state index is 5.66. The fraction of sp³-hybridized carbons (Fsp3) is 0. The predicted octanol–water partition coefficient (Wildman–Crippen LogP) is 13.8. The van der Waals surface area contributed by atoms with E-state index in [2.05, 4.69) is 202 Å². The van der Waals surface area contributed by atoms with Crippen molar-refractivity contribution in [3.63, 3.8) is 0 Å². The maximum absolute atomic E-state index is 5.66. The molecule has 5 heterocycles. The van der Waals surface area contributed by atoms with Crippen molar-refractivity contribution in [2.75, 3.05) is 0 Å². The van der Waals surface area contributed by atoms with Crippen molar-refractivity contribution in [1.29, 1.82) is 0 Å². The lowest BCUT2D eigenvalue weighted by Crippen LogP contribution is -2.04. The van der Waals surface area contributed by atoms with E-state index in [-0.39, 0.29) is 0 Å². The van der Waals surface area contributed by atoms with Gasteiger partial charge in [-0.3, -0.25) is 4.57 Å². The molecule has 272 valence electrons. The molecule has 0 aliphatic rings. The van der Waals surface area contributed by atoms with E-state index in [0.717, 1.165) is 50.3 Å². The first-order chi connectivity index (χ1) is 29.3. The fourth-order valence-electron chi connectivity index (χ4n) is 10.3. The largest absolute Gasteiger partial charge is 0.309 e. The number of rotatable bonds is 3. The number of hydrogen-bond acceptors (Lipinski definition) is 2. The highest BCUT2D eigenvalue weighted by molar-refractivity contribution is 6.35. The number of para-hydroxylation sites is 6. The molecular formula is C54H31N5. The number of benzene rings is 9. The van der Waals surface area contributed by atoms with Crippen LogP contribution in [-0.2, 0) is 0 Å². The topological polar surface area (TPSA) is 40.0 Å². The van der Waals surface area contributed by atoms with E-state index >= 15 is 0 Å². The highest BCUT2D eigenvalue weighted by atomic mass is 15.1. The van der Waals surface area contributed by atoms with Gasteiger partial charge in [0.15, 0.2) is 5.82 Å². The molecule has 0 unspecified atom stereocenters. The van der Waals surface area contributed by atoms with Crippen molar-refractivity contribution >= 4 is 104 Å². The van der Waals surface area contributed by atoms with Crippen LogP contribution in [0.3, 0.4) is 0 Å². The van der Waals surface area contributed by atoms with Crippen LogP contribution in [0.25, 0.3) is 126 Å². The molecule has 5 heteroatoms. The summed E-state index contributed by atoms with van der Waals surface area (Å²) in [5.74, 6) is 0.810. The smallest absolute Gasteiger partial charge is 0.165 e. The molecule has 14 aromatic rings. The summed E-state index contributed by atoms with van der Waals surface area (Å²) in [4.78, 5) is 11.2. The van der Waals surface area contributed by atoms with Crippen LogP contribution in [0, 0.1) is 0 Å². The monoisotopic (exact) mass is 749 g/mol. The summed E-state index contributed by atoms with van der Waals surface area (Å²) in [6.07, 6.45) is 0. The van der Waals surface area contributed by atoms with Gasteiger partial charge in [-0.2, -0.15) is 0 Å². The SMILES string of the molecule is c1ccc(-n2c3ccccc3c3ccc(-c4nc5ccccc5nc4-n4c5c6ccccc6ccc5c5cc6c7ccccc7n7c8ccccc8c(c54)c67)cc32)cc1. The van der Waals surface area contributed by atoms with Crippen molar-refractivity contribution in [1.82, 2.24) is 23.5 Å². The lowest BCUT2D eigenvalue weighted by atomic mass is 10.0. The van der Waals surface area contributed by atoms with Gasteiger partial charge in [-0.05, 0) is 60.0 Å². The van der Waals surface area contributed by atoms with Gasteiger partial charge in [0, 0.05) is 59.7 Å². The number of nitrogens with zero attached hydrogens (tertiary/aromatic N) is 5. The Labute approximate surface area is 336 Å². The average molecular weight is 750 g/mol. The Morgan fingerprint density at radius 1 is 0.339 bits per heavy atom. The third kappa shape index (κ3) is 4.03. The highest BCUT2D eigenvalue weighted by Crippen LogP contribution is 2.48. The summed E-state index contributed by atoms with van der Waals surface area (Å²) in [6, 6.07) is 67.9. The molecule has 0 N–H and O–H groups in total. The van der Waals surface area contributed by atoms with Crippen molar-refractivity contribution in [2.45, 2.75) is 0 Å². The van der Waals surface area contributed by atoms with Crippen LogP contribution in [0.4, 0.5) is 0 Å². The quantitative estimate of drug-likeness (QED) is 0.180. The Bertz CT molecular complexity index is 4070. The molecule has 0 saturated carbocycles. The number of fused-ring (bicyclic) bond motifs is 16. The van der Waals surface area contributed by atoms with Gasteiger partial charge in [0.05, 0.1) is 49.7 Å². The summed E-state index contributed by atoms with van der Waals surface area (Å²) in [6.45, 7) is 0. The molecular weight excluding hydrogens is 719 g/mol. The van der Waals surface area contributed by atoms with Gasteiger partial charge in [-0.1, -0.05) is 133 Å². The molecule has 0 bridgehead atoms. The van der Waals surface area contributed by atoms with E-state index in [1.807, 2.05) is 0 Å². The normalized spacial score (nSPS) is 12.4. The second-order valence-corrected chi connectivity index (χ2v) is 15.7. The number of aromatic nitrogens is 5. The van der Waals surface area contributed by atoms with Crippen LogP contribution in [0.15, 0.2) is 188 Å². The van der Waals surface area contributed by atoms with Crippen LogP contribution in [0.1, 0.15) is 0 Å². The highest BCUT2D eigenvalue weighted by Gasteiger charge is 2.27. The summed E-state index contributed by atoms with van der Waals surface area (Å²) in [5.41, 5.74) is 12.9. The second kappa shape index (κ2) is 11.3. The fourth-order valence-corrected chi connectivity index (χ4v) is 10.3. The van der Waals surface area contributed by atoms with E-state index in [4.69, 9.17) is 9.97 Å². The summed E-state index contributed by atoms with van der Waals surface area (Å²) in [5, 5.41) is 12.1. The molecule has 0 amide bonds. The Morgan fingerprint density at radius 3 is 1.75 bits per heavy atom. The summed E-state index contributed by atoms with van der Waals surface area (Å²) < 4.78 is 7.30. The molecule has 0 atom stereocenters. The van der Waals surface area contributed by atoms with Crippen molar-refractivity contribution in [3.05, 3.63) is 188 Å². The molecule has 0 spiro atoms. The molecule has 9 aromatic carbocycles. The van der Waals surface area contributed by atoms with Gasteiger partial charge in [0.2, 0.25) is 0 Å². The van der Waals surface area contributed by atoms with Gasteiger partial charge >= 0.3 is 0 Å². The first-order valence-corrected chi connectivity index (χ1v) is 20.2. The van der Waals surface area contributed by atoms with Crippen molar-refractivity contribution < 1.29 is 0 Å². The van der Waals surface area contributed by atoms with Crippen LogP contribution in [0.2, 0.25) is 0 Å². The average Bonchev–Trinajstić information content (AvgIpc) is 4.03. The molecule has 0 radical (unpaired) electrons. The zero-order valence-corrected chi connectivity index (χ0v) is 31.6. The Kier molecular flexibility index (Phi) is 5.96. The molecule has 0 aliphatic heterocycles. The van der Waals surface area contributed by atoms with Gasteiger partial charge in [-0.15, -0.1) is 0 Å². The predicted molar refractivity (Wildman–Crippen MR) is 246 cm³/mol. The Balaban J connectivity index is 1.20. The molecule has 59 heavy (non-hydrogen) atoms. The van der Waals surface area contributed by atoms with Gasteiger partial charge < -0.3 is 8.97 Å². The standard InChI is InChI=1S/C54H31N5/c1-2-15-34(16-3-1)57-45-23-11-6-18-36(45)38-28-27-33(30-48(38)57)50-54(56-44-22-10-9-21-43(44)55-50)59-51-35-17-5-4-14-32(35)26-29-39(51)42-31-41-37-19-7-12-24-46(37)58-47-25-13-8-20-40(47)49(52(41)58)53(42)59/h1-31H. The van der Waals surface area contributed by atoms with E-state index < -0.39 is 0 Å². The van der Waals surface area contributed by atoms with E-state index in [1.165, 1.54) is 75.9 Å². The van der Waals surface area contributed by atoms with Gasteiger partial charge in [-0.25, -0.2) is 9.97 Å². The second-order valence-electron chi connectivity index (χ2n) is 15.7. The Hall–Kier alpha value is -8.02. The lowest BCUT2D eigenvalue weighted by Gasteiger charge is -2.16. The van der Waals surface area contributed by atoms with Crippen LogP contribution < -0.4 is 0 Å². The minimum absolute atomic E-state index is 0.810. The van der Waals surface area contributed by atoms with E-state index in [9.17, 15) is 0 Å². The third-order valence-electron chi connectivity index (χ3n) is 12.7. The molecule has 5 aromatic heterocycles. The first kappa shape index (κ1) is 31.1. The molecule has 0 fully saturated rings. The van der Waals surface area contributed by atoms with E-state index in [0.29, 0.717) is 0 Å². The van der Waals surface area contributed by atoms with Crippen LogP contribution in [0.5, 0.6) is 0 Å². The molecule has 0 saturated heterocycles. The van der Waals surface area contributed by atoms with Gasteiger partial charge in [0.1, 0.15) is 5.69 Å². The zero-order valence-electron chi connectivity index (χ0n) is 31.6. The third-order valence-corrected chi connectivity index (χ3v) is 12.7. The minimum Gasteiger partial charge on any atom is -0.309 e. The van der Waals surface area contributed by atoms with Crippen molar-refractivity contribution in [2.24, 2.45) is 0 Å². The van der Waals surface area contributed by atoms with Crippen LogP contribution in [-0.4, -0.2) is 23.5 Å². The summed E-state index contributed by atoms with van der Waals surface area (Å²) in [7, 11) is 0. The lowest BCUT2D eigenvalue weighted by molar-refractivity contribution is 1.09. The van der Waals surface area contributed by atoms with E-state index in [1.54, 1.807) is 0 Å². The maximum Gasteiger partial charge on any atom is 0.165 e. The van der Waals surface area contributed by atoms with Gasteiger partial charge in [0.25, 0.3) is 0 Å². The summed E-state index contributed by atoms with van der Waals surface area (Å²) >= 11 is 0. The molecule has 0 aliphatic carbocycles. The van der Waals surface area contributed by atoms with Crippen LogP contribution >= 0.6 is 0 Å². The minimum atomic E-state index is 0.810. The van der Waals surface area contributed by atoms with Crippen molar-refractivity contribution in [3.8, 4) is 22.8 Å². The first-order valence-electron chi connectivity index (χ1n) is 20.2. The zero-order chi connectivity index (χ0) is 38.3. The Morgan fingerprint density at radius 2 is 0.932 bits per heavy atom. The number of hydrogen-bond donors (Lipinski definition) is 0.